The Morgan fingerprint density at radius 1 is 1.29 bits per heavy atom. The normalized spacial score (nSPS) is 19.4. The number of nitrogens with one attached hydrogen (secondary N) is 1. The topological polar surface area (TPSA) is 41.6 Å². The van der Waals surface area contributed by atoms with Crippen molar-refractivity contribution in [3.63, 3.8) is 0 Å². The average molecular weight is 418 g/mol. The van der Waals surface area contributed by atoms with Gasteiger partial charge in [-0.2, -0.15) is 0 Å². The summed E-state index contributed by atoms with van der Waals surface area (Å²) in [5, 5.41) is 3.47. The Bertz CT molecular complexity index is 578. The molecule has 2 fully saturated rings. The Labute approximate surface area is 158 Å². The molecule has 2 aliphatic rings. The zero-order valence-corrected chi connectivity index (χ0v) is 16.7. The highest BCUT2D eigenvalue weighted by Gasteiger charge is 2.38. The van der Waals surface area contributed by atoms with E-state index < -0.39 is 0 Å². The van der Waals surface area contributed by atoms with E-state index in [1.54, 1.807) is 0 Å². The highest BCUT2D eigenvalue weighted by Crippen LogP contribution is 2.37. The zero-order chi connectivity index (χ0) is 16.4. The predicted molar refractivity (Wildman–Crippen MR) is 102 cm³/mol. The molecule has 2 heterocycles. The predicted octanol–water partition coefficient (Wildman–Crippen LogP) is 3.87. The monoisotopic (exact) mass is 416 g/mol. The Morgan fingerprint density at radius 2 is 2.00 bits per heavy atom. The first kappa shape index (κ1) is 19.5. The number of hydrogen-bond donors (Lipinski definition) is 1. The standard InChI is InChI=1S/C18H25BrN2O2.ClH/c1-13(2)23-16-11-14(19)3-4-15(16)17(22)21-9-6-18(7-10-21)5-8-20-12-18;/h3-4,11,13,20H,5-10,12H2,1-2H3;1H. The first-order valence-electron chi connectivity index (χ1n) is 8.45. The van der Waals surface area contributed by atoms with Crippen LogP contribution in [-0.4, -0.2) is 43.1 Å². The maximum Gasteiger partial charge on any atom is 0.257 e. The van der Waals surface area contributed by atoms with Crippen molar-refractivity contribution < 1.29 is 9.53 Å². The molecule has 1 amide bonds. The zero-order valence-electron chi connectivity index (χ0n) is 14.3. The maximum atomic E-state index is 12.9. The van der Waals surface area contributed by atoms with E-state index in [1.165, 1.54) is 6.42 Å². The van der Waals surface area contributed by atoms with E-state index in [0.717, 1.165) is 43.5 Å². The highest BCUT2D eigenvalue weighted by molar-refractivity contribution is 9.10. The summed E-state index contributed by atoms with van der Waals surface area (Å²) >= 11 is 3.46. The van der Waals surface area contributed by atoms with Crippen molar-refractivity contribution in [1.82, 2.24) is 10.2 Å². The van der Waals surface area contributed by atoms with Crippen LogP contribution in [0.1, 0.15) is 43.5 Å². The Kier molecular flexibility index (Phi) is 6.57. The van der Waals surface area contributed by atoms with E-state index in [2.05, 4.69) is 21.2 Å². The quantitative estimate of drug-likeness (QED) is 0.811. The van der Waals surface area contributed by atoms with Gasteiger partial charge >= 0.3 is 0 Å². The molecule has 1 aromatic carbocycles. The van der Waals surface area contributed by atoms with Crippen LogP contribution >= 0.6 is 28.3 Å². The number of nitrogens with zero attached hydrogens (tertiary/aromatic N) is 1. The number of benzene rings is 1. The third-order valence-electron chi connectivity index (χ3n) is 4.98. The van der Waals surface area contributed by atoms with Gasteiger partial charge in [0, 0.05) is 24.1 Å². The summed E-state index contributed by atoms with van der Waals surface area (Å²) in [5.41, 5.74) is 1.09. The van der Waals surface area contributed by atoms with Crippen LogP contribution in [0.3, 0.4) is 0 Å². The van der Waals surface area contributed by atoms with Crippen molar-refractivity contribution >= 4 is 34.2 Å². The molecule has 1 aromatic rings. The van der Waals surface area contributed by atoms with E-state index in [1.807, 2.05) is 36.9 Å². The second-order valence-electron chi connectivity index (χ2n) is 7.03. The van der Waals surface area contributed by atoms with Gasteiger partial charge in [-0.25, -0.2) is 0 Å². The summed E-state index contributed by atoms with van der Waals surface area (Å²) in [6.45, 7) is 7.87. The molecule has 6 heteroatoms. The van der Waals surface area contributed by atoms with Crippen LogP contribution in [0.15, 0.2) is 22.7 Å². The van der Waals surface area contributed by atoms with E-state index in [-0.39, 0.29) is 24.4 Å². The molecule has 3 rings (SSSR count). The van der Waals surface area contributed by atoms with Gasteiger partial charge in [-0.05, 0) is 63.3 Å². The van der Waals surface area contributed by atoms with Gasteiger partial charge in [0.1, 0.15) is 5.75 Å². The largest absolute Gasteiger partial charge is 0.490 e. The molecule has 134 valence electrons. The molecule has 0 saturated carbocycles. The van der Waals surface area contributed by atoms with Crippen molar-refractivity contribution in [3.05, 3.63) is 28.2 Å². The lowest BCUT2D eigenvalue weighted by Crippen LogP contribution is -2.44. The fourth-order valence-electron chi connectivity index (χ4n) is 3.60. The molecule has 2 saturated heterocycles. The van der Waals surface area contributed by atoms with Gasteiger partial charge in [0.2, 0.25) is 0 Å². The number of rotatable bonds is 3. The van der Waals surface area contributed by atoms with Crippen LogP contribution in [-0.2, 0) is 0 Å². The summed E-state index contributed by atoms with van der Waals surface area (Å²) in [6, 6.07) is 5.66. The molecular formula is C18H26BrClN2O2. The minimum atomic E-state index is 0. The molecule has 1 N–H and O–H groups in total. The van der Waals surface area contributed by atoms with Crippen molar-refractivity contribution in [1.29, 1.82) is 0 Å². The Balaban J connectivity index is 0.00000208. The number of carbonyl (C=O) groups is 1. The second-order valence-corrected chi connectivity index (χ2v) is 7.94. The van der Waals surface area contributed by atoms with Gasteiger partial charge in [0.25, 0.3) is 5.91 Å². The lowest BCUT2D eigenvalue weighted by molar-refractivity contribution is 0.0602. The van der Waals surface area contributed by atoms with Crippen molar-refractivity contribution in [2.24, 2.45) is 5.41 Å². The molecule has 0 aliphatic carbocycles. The van der Waals surface area contributed by atoms with Crippen LogP contribution in [0.4, 0.5) is 0 Å². The number of likely N-dealkylation sites (tertiary alicyclic amines) is 1. The second kappa shape index (κ2) is 8.07. The molecule has 0 aromatic heterocycles. The summed E-state index contributed by atoms with van der Waals surface area (Å²) in [4.78, 5) is 14.9. The molecule has 0 atom stereocenters. The third kappa shape index (κ3) is 4.24. The molecule has 24 heavy (non-hydrogen) atoms. The first-order valence-corrected chi connectivity index (χ1v) is 9.25. The van der Waals surface area contributed by atoms with Crippen molar-refractivity contribution in [2.75, 3.05) is 26.2 Å². The number of carbonyl (C=O) groups excluding carboxylic acids is 1. The van der Waals surface area contributed by atoms with Gasteiger partial charge in [0.05, 0.1) is 11.7 Å². The third-order valence-corrected chi connectivity index (χ3v) is 5.47. The smallest absolute Gasteiger partial charge is 0.257 e. The number of amides is 1. The van der Waals surface area contributed by atoms with Gasteiger partial charge in [-0.1, -0.05) is 15.9 Å². The minimum absolute atomic E-state index is 0. The summed E-state index contributed by atoms with van der Waals surface area (Å²) in [7, 11) is 0. The minimum Gasteiger partial charge on any atom is -0.490 e. The van der Waals surface area contributed by atoms with Crippen molar-refractivity contribution in [2.45, 2.75) is 39.2 Å². The molecule has 1 spiro atoms. The lowest BCUT2D eigenvalue weighted by Gasteiger charge is -2.39. The van der Waals surface area contributed by atoms with Gasteiger partial charge in [0.15, 0.2) is 0 Å². The van der Waals surface area contributed by atoms with Crippen LogP contribution in [0.5, 0.6) is 5.75 Å². The van der Waals surface area contributed by atoms with E-state index in [0.29, 0.717) is 16.7 Å². The van der Waals surface area contributed by atoms with Crippen LogP contribution in [0.2, 0.25) is 0 Å². The van der Waals surface area contributed by atoms with Crippen LogP contribution in [0, 0.1) is 5.41 Å². The summed E-state index contributed by atoms with van der Waals surface area (Å²) in [5.74, 6) is 0.760. The molecule has 0 bridgehead atoms. The van der Waals surface area contributed by atoms with Crippen molar-refractivity contribution in [3.8, 4) is 5.75 Å². The van der Waals surface area contributed by atoms with E-state index in [9.17, 15) is 4.79 Å². The fourth-order valence-corrected chi connectivity index (χ4v) is 3.94. The first-order chi connectivity index (χ1) is 11.0. The average Bonchev–Trinajstić information content (AvgIpc) is 2.95. The van der Waals surface area contributed by atoms with Crippen LogP contribution < -0.4 is 10.1 Å². The summed E-state index contributed by atoms with van der Waals surface area (Å²) in [6.07, 6.45) is 3.49. The number of hydrogen-bond acceptors (Lipinski definition) is 3. The Hall–Kier alpha value is -0.780. The lowest BCUT2D eigenvalue weighted by atomic mass is 9.78. The highest BCUT2D eigenvalue weighted by atomic mass is 79.9. The SMILES string of the molecule is CC(C)Oc1cc(Br)ccc1C(=O)N1CCC2(CCNC2)CC1.Cl. The van der Waals surface area contributed by atoms with Crippen LogP contribution in [0.25, 0.3) is 0 Å². The number of piperidine rings is 1. The molecule has 4 nitrogen and oxygen atoms in total. The van der Waals surface area contributed by atoms with E-state index in [4.69, 9.17) is 4.74 Å². The molecule has 0 unspecified atom stereocenters. The fraction of sp³-hybridized carbons (Fsp3) is 0.611. The molecule has 0 radical (unpaired) electrons. The number of ether oxygens (including phenoxy) is 1. The summed E-state index contributed by atoms with van der Waals surface area (Å²) < 4.78 is 6.77. The molecular weight excluding hydrogens is 392 g/mol. The van der Waals surface area contributed by atoms with Gasteiger partial charge < -0.3 is 15.0 Å². The number of halogens is 2. The molecule has 2 aliphatic heterocycles. The van der Waals surface area contributed by atoms with E-state index >= 15 is 0 Å². The maximum absolute atomic E-state index is 12.9. The van der Waals surface area contributed by atoms with Gasteiger partial charge in [-0.15, -0.1) is 12.4 Å². The Morgan fingerprint density at radius 3 is 2.58 bits per heavy atom. The van der Waals surface area contributed by atoms with Gasteiger partial charge in [-0.3, -0.25) is 4.79 Å².